The predicted molar refractivity (Wildman–Crippen MR) is 136 cm³/mol. The van der Waals surface area contributed by atoms with E-state index in [4.69, 9.17) is 4.98 Å². The zero-order valence-corrected chi connectivity index (χ0v) is 19.8. The number of fused-ring (bicyclic) bond motifs is 1. The van der Waals surface area contributed by atoms with E-state index in [-0.39, 0.29) is 18.2 Å². The highest BCUT2D eigenvalue weighted by Gasteiger charge is 2.39. The number of hydrogen-bond donors (Lipinski definition) is 1. The minimum atomic E-state index is -0.621. The smallest absolute Gasteiger partial charge is 0.255 e. The van der Waals surface area contributed by atoms with Crippen molar-refractivity contribution in [2.45, 2.75) is 25.4 Å². The molecule has 0 radical (unpaired) electrons. The van der Waals surface area contributed by atoms with Crippen LogP contribution in [0.1, 0.15) is 28.8 Å². The molecule has 1 atom stereocenters. The minimum absolute atomic E-state index is 0.175. The highest BCUT2D eigenvalue weighted by molar-refractivity contribution is 6.05. The van der Waals surface area contributed by atoms with Crippen molar-refractivity contribution >= 4 is 17.7 Å². The lowest BCUT2D eigenvalue weighted by Gasteiger charge is -2.29. The van der Waals surface area contributed by atoms with Crippen molar-refractivity contribution in [3.63, 3.8) is 0 Å². The monoisotopic (exact) mass is 476 g/mol. The number of carbonyl (C=O) groups excluding carboxylic acids is 3. The molecule has 0 aliphatic carbocycles. The van der Waals surface area contributed by atoms with Gasteiger partial charge in [-0.3, -0.25) is 19.7 Å². The number of carbonyl (C=O) groups is 3. The van der Waals surface area contributed by atoms with Gasteiger partial charge in [0.25, 0.3) is 5.91 Å². The maximum Gasteiger partial charge on any atom is 0.255 e. The molecule has 1 unspecified atom stereocenters. The van der Waals surface area contributed by atoms with E-state index in [1.54, 1.807) is 4.90 Å². The first kappa shape index (κ1) is 22.0. The van der Waals surface area contributed by atoms with E-state index in [2.05, 4.69) is 35.6 Å². The summed E-state index contributed by atoms with van der Waals surface area (Å²) in [6.45, 7) is 0.340. The topological polar surface area (TPSA) is 84.3 Å². The number of aryl methyl sites for hydroxylation is 1. The van der Waals surface area contributed by atoms with Crippen molar-refractivity contribution in [2.24, 2.45) is 7.05 Å². The van der Waals surface area contributed by atoms with Crippen LogP contribution in [0.3, 0.4) is 0 Å². The Bertz CT molecular complexity index is 1520. The van der Waals surface area contributed by atoms with Gasteiger partial charge in [0.15, 0.2) is 0 Å². The Morgan fingerprint density at radius 1 is 0.861 bits per heavy atom. The quantitative estimate of drug-likeness (QED) is 0.448. The van der Waals surface area contributed by atoms with Crippen LogP contribution in [0.5, 0.6) is 0 Å². The van der Waals surface area contributed by atoms with Gasteiger partial charge in [-0.2, -0.15) is 0 Å². The molecule has 1 N–H and O–H groups in total. The van der Waals surface area contributed by atoms with Gasteiger partial charge in [-0.05, 0) is 41.3 Å². The fraction of sp³-hybridized carbons (Fsp3) is 0.172. The Hall–Kier alpha value is -4.52. The third-order valence-corrected chi connectivity index (χ3v) is 6.92. The van der Waals surface area contributed by atoms with E-state index < -0.39 is 11.9 Å². The Labute approximate surface area is 208 Å². The molecule has 2 aliphatic heterocycles. The van der Waals surface area contributed by atoms with Crippen LogP contribution in [0.2, 0.25) is 0 Å². The second kappa shape index (κ2) is 8.61. The average Bonchev–Trinajstić information content (AvgIpc) is 3.44. The molecule has 0 saturated carbocycles. The lowest BCUT2D eigenvalue weighted by Crippen LogP contribution is -2.52. The summed E-state index contributed by atoms with van der Waals surface area (Å²) in [5, 5.41) is 2.35. The van der Waals surface area contributed by atoms with E-state index in [0.29, 0.717) is 18.5 Å². The molecule has 1 fully saturated rings. The fourth-order valence-corrected chi connectivity index (χ4v) is 5.08. The van der Waals surface area contributed by atoms with Gasteiger partial charge in [-0.25, -0.2) is 4.98 Å². The van der Waals surface area contributed by atoms with Crippen molar-refractivity contribution in [3.05, 3.63) is 90.1 Å². The van der Waals surface area contributed by atoms with Gasteiger partial charge in [0.2, 0.25) is 11.8 Å². The third-order valence-electron chi connectivity index (χ3n) is 6.92. The molecular weight excluding hydrogens is 452 g/mol. The summed E-state index contributed by atoms with van der Waals surface area (Å²) >= 11 is 0. The van der Waals surface area contributed by atoms with Gasteiger partial charge in [-0.1, -0.05) is 54.6 Å². The number of nitrogens with one attached hydrogen (secondary N) is 1. The molecule has 0 bridgehead atoms. The summed E-state index contributed by atoms with van der Waals surface area (Å²) in [5.41, 5.74) is 6.47. The minimum Gasteiger partial charge on any atom is -0.333 e. The Morgan fingerprint density at radius 2 is 1.64 bits per heavy atom. The molecule has 36 heavy (non-hydrogen) atoms. The molecule has 3 heterocycles. The number of amides is 3. The van der Waals surface area contributed by atoms with Crippen LogP contribution in [0.15, 0.2) is 79.0 Å². The van der Waals surface area contributed by atoms with E-state index >= 15 is 0 Å². The average molecular weight is 477 g/mol. The number of hydrogen-bond acceptors (Lipinski definition) is 4. The standard InChI is InChI=1S/C29H24N4O3/c1-32-17-24(30-27(32)21-9-5-8-19(14-21)18-6-3-2-4-7-18)20-10-11-23-22(15-20)16-33(29(23)36)25-12-13-26(34)31-28(25)35/h2-11,14-15,17,25H,12-13,16H2,1H3,(H,31,34,35). The lowest BCUT2D eigenvalue weighted by molar-refractivity contribution is -0.136. The van der Waals surface area contributed by atoms with E-state index in [1.807, 2.05) is 60.3 Å². The van der Waals surface area contributed by atoms with Crippen molar-refractivity contribution in [1.29, 1.82) is 0 Å². The maximum atomic E-state index is 13.0. The Balaban J connectivity index is 1.29. The number of imide groups is 1. The molecule has 178 valence electrons. The number of aromatic nitrogens is 2. The normalized spacial score (nSPS) is 17.3. The van der Waals surface area contributed by atoms with Gasteiger partial charge in [-0.15, -0.1) is 0 Å². The zero-order valence-electron chi connectivity index (χ0n) is 19.8. The fourth-order valence-electron chi connectivity index (χ4n) is 5.08. The van der Waals surface area contributed by atoms with E-state index in [9.17, 15) is 14.4 Å². The van der Waals surface area contributed by atoms with Crippen LogP contribution in [-0.4, -0.2) is 38.2 Å². The van der Waals surface area contributed by atoms with Crippen LogP contribution in [-0.2, 0) is 23.2 Å². The summed E-state index contributed by atoms with van der Waals surface area (Å²) in [6, 6.07) is 23.6. The van der Waals surface area contributed by atoms with Gasteiger partial charge < -0.3 is 9.47 Å². The van der Waals surface area contributed by atoms with Gasteiger partial charge in [0, 0.05) is 42.9 Å². The number of rotatable bonds is 4. The van der Waals surface area contributed by atoms with Crippen molar-refractivity contribution in [3.8, 4) is 33.8 Å². The summed E-state index contributed by atoms with van der Waals surface area (Å²) < 4.78 is 2.01. The lowest BCUT2D eigenvalue weighted by atomic mass is 10.0. The molecule has 4 aromatic rings. The first-order valence-electron chi connectivity index (χ1n) is 11.9. The Morgan fingerprint density at radius 3 is 2.44 bits per heavy atom. The van der Waals surface area contributed by atoms with Crippen molar-refractivity contribution in [2.75, 3.05) is 0 Å². The van der Waals surface area contributed by atoms with Crippen molar-refractivity contribution < 1.29 is 14.4 Å². The summed E-state index contributed by atoms with van der Waals surface area (Å²) in [6.07, 6.45) is 2.58. The second-order valence-electron chi connectivity index (χ2n) is 9.28. The number of nitrogens with zero attached hydrogens (tertiary/aromatic N) is 3. The molecule has 1 aromatic heterocycles. The highest BCUT2D eigenvalue weighted by atomic mass is 16.2. The molecule has 7 heteroatoms. The number of benzene rings is 3. The highest BCUT2D eigenvalue weighted by Crippen LogP contribution is 2.32. The molecule has 3 aromatic carbocycles. The van der Waals surface area contributed by atoms with Crippen LogP contribution >= 0.6 is 0 Å². The van der Waals surface area contributed by atoms with Crippen molar-refractivity contribution in [1.82, 2.24) is 19.8 Å². The molecule has 2 aliphatic rings. The predicted octanol–water partition coefficient (Wildman–Crippen LogP) is 4.18. The van der Waals surface area contributed by atoms with Gasteiger partial charge in [0.1, 0.15) is 11.9 Å². The maximum absolute atomic E-state index is 13.0. The first-order chi connectivity index (χ1) is 17.5. The summed E-state index contributed by atoms with van der Waals surface area (Å²) in [5.74, 6) is -0.0160. The largest absolute Gasteiger partial charge is 0.333 e. The molecule has 3 amide bonds. The molecule has 0 spiro atoms. The summed E-state index contributed by atoms with van der Waals surface area (Å²) in [7, 11) is 1.97. The van der Waals surface area contributed by atoms with Gasteiger partial charge in [0.05, 0.1) is 5.69 Å². The number of piperidine rings is 1. The molecule has 1 saturated heterocycles. The third kappa shape index (κ3) is 3.79. The first-order valence-corrected chi connectivity index (χ1v) is 11.9. The SMILES string of the molecule is Cn1cc(-c2ccc3c(c2)CN(C2CCC(=O)NC2=O)C3=O)nc1-c1cccc(-c2ccccc2)c1. The zero-order chi connectivity index (χ0) is 24.8. The second-order valence-corrected chi connectivity index (χ2v) is 9.28. The Kier molecular flexibility index (Phi) is 5.25. The number of imidazole rings is 1. The van der Waals surface area contributed by atoms with E-state index in [1.165, 1.54) is 0 Å². The van der Waals surface area contributed by atoms with Crippen LogP contribution < -0.4 is 5.32 Å². The molecular formula is C29H24N4O3. The molecule has 7 nitrogen and oxygen atoms in total. The van der Waals surface area contributed by atoms with Gasteiger partial charge >= 0.3 is 0 Å². The summed E-state index contributed by atoms with van der Waals surface area (Å²) in [4.78, 5) is 43.3. The molecule has 6 rings (SSSR count). The van der Waals surface area contributed by atoms with Crippen LogP contribution in [0.4, 0.5) is 0 Å². The van der Waals surface area contributed by atoms with Crippen LogP contribution in [0, 0.1) is 0 Å². The van der Waals surface area contributed by atoms with E-state index in [0.717, 1.165) is 39.3 Å². The van der Waals surface area contributed by atoms with Crippen LogP contribution in [0.25, 0.3) is 33.8 Å².